The Morgan fingerprint density at radius 3 is 2.71 bits per heavy atom. The maximum atomic E-state index is 14.9. The number of rotatable bonds is 4. The van der Waals surface area contributed by atoms with Gasteiger partial charge in [0.05, 0.1) is 5.69 Å². The van der Waals surface area contributed by atoms with E-state index < -0.39 is 5.54 Å². The molecule has 1 saturated carbocycles. The van der Waals surface area contributed by atoms with Gasteiger partial charge >= 0.3 is 0 Å². The second kappa shape index (κ2) is 8.37. The lowest BCUT2D eigenvalue weighted by atomic mass is 9.94. The van der Waals surface area contributed by atoms with Crippen LogP contribution in [-0.4, -0.2) is 77.0 Å². The number of nitrogens with one attached hydrogen (secondary N) is 2. The van der Waals surface area contributed by atoms with Crippen molar-refractivity contribution < 1.29 is 9.18 Å². The first-order chi connectivity index (χ1) is 16.5. The summed E-state index contributed by atoms with van der Waals surface area (Å²) in [5, 5.41) is 6.57. The minimum Gasteiger partial charge on any atom is -0.367 e. The molecule has 4 aliphatic rings. The van der Waals surface area contributed by atoms with Gasteiger partial charge in [-0.15, -0.1) is 0 Å². The first-order valence-electron chi connectivity index (χ1n) is 12.5. The molecule has 34 heavy (non-hydrogen) atoms. The van der Waals surface area contributed by atoms with Gasteiger partial charge in [0.25, 0.3) is 0 Å². The first kappa shape index (κ1) is 21.6. The Balaban J connectivity index is 1.15. The van der Waals surface area contributed by atoms with Crippen molar-refractivity contribution in [1.29, 1.82) is 0 Å². The van der Waals surface area contributed by atoms with E-state index >= 15 is 0 Å². The maximum Gasteiger partial charge on any atom is 0.248 e. The van der Waals surface area contributed by atoms with Gasteiger partial charge < -0.3 is 25.3 Å². The Bertz CT molecular complexity index is 1100. The second-order valence-electron chi connectivity index (χ2n) is 10.2. The normalized spacial score (nSPS) is 25.3. The molecule has 1 aliphatic carbocycles. The summed E-state index contributed by atoms with van der Waals surface area (Å²) in [5.41, 5.74) is 1.61. The van der Waals surface area contributed by atoms with Gasteiger partial charge in [-0.05, 0) is 44.5 Å². The largest absolute Gasteiger partial charge is 0.367 e. The van der Waals surface area contributed by atoms with Crippen LogP contribution in [0.5, 0.6) is 0 Å². The standard InChI is InChI=1S/C25H32FN7O/c1-31-10-12-32(13-11-31)21-7-6-18(14-20(21)26)28-24-27-16-17-15-25(30-22(17)29-24)8-9-33(23(25)34)19-4-2-3-5-19/h6-7,14,16,19H,2-5,8-13,15H2,1H3,(H2,27,28,29,30). The van der Waals surface area contributed by atoms with E-state index in [0.717, 1.165) is 57.5 Å². The van der Waals surface area contributed by atoms with Crippen molar-refractivity contribution in [2.24, 2.45) is 0 Å². The molecule has 0 radical (unpaired) electrons. The second-order valence-corrected chi connectivity index (χ2v) is 10.2. The van der Waals surface area contributed by atoms with E-state index in [4.69, 9.17) is 0 Å². The smallest absolute Gasteiger partial charge is 0.248 e. The summed E-state index contributed by atoms with van der Waals surface area (Å²) in [6.45, 7) is 4.30. The number of halogens is 1. The fourth-order valence-corrected chi connectivity index (χ4v) is 5.96. The zero-order chi connectivity index (χ0) is 23.3. The average molecular weight is 466 g/mol. The number of anilines is 4. The SMILES string of the molecule is CN1CCN(c2ccc(Nc3ncc4c(n3)NC3(CCN(C5CCCC5)C3=O)C4)cc2F)CC1. The van der Waals surface area contributed by atoms with E-state index in [0.29, 0.717) is 35.6 Å². The van der Waals surface area contributed by atoms with Gasteiger partial charge in [-0.3, -0.25) is 4.79 Å². The summed E-state index contributed by atoms with van der Waals surface area (Å²) < 4.78 is 14.9. The van der Waals surface area contributed by atoms with Gasteiger partial charge in [0.1, 0.15) is 17.2 Å². The Hall–Kier alpha value is -2.94. The average Bonchev–Trinajstić information content (AvgIpc) is 3.55. The lowest BCUT2D eigenvalue weighted by Gasteiger charge is -2.34. The topological polar surface area (TPSA) is 76.6 Å². The summed E-state index contributed by atoms with van der Waals surface area (Å²) in [5.74, 6) is 1.05. The number of hydrogen-bond donors (Lipinski definition) is 2. The minimum atomic E-state index is -0.589. The number of piperazine rings is 1. The lowest BCUT2D eigenvalue weighted by molar-refractivity contribution is -0.133. The van der Waals surface area contributed by atoms with Crippen LogP contribution in [0.15, 0.2) is 24.4 Å². The first-order valence-corrected chi connectivity index (χ1v) is 12.5. The Kier molecular flexibility index (Phi) is 5.32. The number of fused-ring (bicyclic) bond motifs is 1. The third-order valence-corrected chi connectivity index (χ3v) is 7.98. The van der Waals surface area contributed by atoms with Gasteiger partial charge in [0, 0.05) is 62.6 Å². The van der Waals surface area contributed by atoms with E-state index in [2.05, 4.69) is 42.3 Å². The van der Waals surface area contributed by atoms with Gasteiger partial charge in [-0.1, -0.05) is 12.8 Å². The quantitative estimate of drug-likeness (QED) is 0.719. The van der Waals surface area contributed by atoms with Crippen molar-refractivity contribution in [1.82, 2.24) is 19.8 Å². The highest BCUT2D eigenvalue weighted by Gasteiger charge is 2.52. The predicted molar refractivity (Wildman–Crippen MR) is 130 cm³/mol. The number of likely N-dealkylation sites (tertiary alicyclic amines) is 1. The number of nitrogens with zero attached hydrogens (tertiary/aromatic N) is 5. The Morgan fingerprint density at radius 2 is 1.94 bits per heavy atom. The van der Waals surface area contributed by atoms with Gasteiger partial charge in [-0.2, -0.15) is 4.98 Å². The molecule has 1 atom stereocenters. The molecule has 1 unspecified atom stereocenters. The third-order valence-electron chi connectivity index (χ3n) is 7.98. The Labute approximate surface area is 199 Å². The fourth-order valence-electron chi connectivity index (χ4n) is 5.96. The van der Waals surface area contributed by atoms with Gasteiger partial charge in [0.2, 0.25) is 11.9 Å². The molecule has 9 heteroatoms. The van der Waals surface area contributed by atoms with Gasteiger partial charge in [-0.25, -0.2) is 9.37 Å². The molecule has 1 aromatic carbocycles. The van der Waals surface area contributed by atoms with E-state index in [1.165, 1.54) is 18.9 Å². The number of likely N-dealkylation sites (N-methyl/N-ethyl adjacent to an activating group) is 1. The van der Waals surface area contributed by atoms with Crippen molar-refractivity contribution in [3.8, 4) is 0 Å². The molecule has 1 spiro atoms. The molecular weight excluding hydrogens is 433 g/mol. The molecule has 1 aromatic heterocycles. The summed E-state index contributed by atoms with van der Waals surface area (Å²) >= 11 is 0. The van der Waals surface area contributed by atoms with Crippen molar-refractivity contribution in [3.05, 3.63) is 35.8 Å². The fraction of sp³-hybridized carbons (Fsp3) is 0.560. The molecule has 0 bridgehead atoms. The van der Waals surface area contributed by atoms with Gasteiger partial charge in [0.15, 0.2) is 0 Å². The van der Waals surface area contributed by atoms with Crippen LogP contribution in [0.2, 0.25) is 0 Å². The molecule has 2 N–H and O–H groups in total. The highest BCUT2D eigenvalue weighted by molar-refractivity contribution is 5.94. The van der Waals surface area contributed by atoms with E-state index in [1.54, 1.807) is 6.20 Å². The van der Waals surface area contributed by atoms with E-state index in [-0.39, 0.29) is 11.7 Å². The molecule has 2 saturated heterocycles. The van der Waals surface area contributed by atoms with Crippen LogP contribution in [-0.2, 0) is 11.2 Å². The molecule has 3 aliphatic heterocycles. The van der Waals surface area contributed by atoms with Crippen LogP contribution in [0.3, 0.4) is 0 Å². The molecular formula is C25H32FN7O. The van der Waals surface area contributed by atoms with Crippen molar-refractivity contribution in [3.63, 3.8) is 0 Å². The number of hydrogen-bond acceptors (Lipinski definition) is 7. The minimum absolute atomic E-state index is 0.202. The molecule has 180 valence electrons. The number of carbonyl (C=O) groups is 1. The van der Waals surface area contributed by atoms with Crippen molar-refractivity contribution >= 4 is 29.0 Å². The Morgan fingerprint density at radius 1 is 1.15 bits per heavy atom. The van der Waals surface area contributed by atoms with Crippen LogP contribution in [0.1, 0.15) is 37.7 Å². The summed E-state index contributed by atoms with van der Waals surface area (Å²) in [6.07, 6.45) is 7.87. The number of amides is 1. The predicted octanol–water partition coefficient (Wildman–Crippen LogP) is 2.99. The number of aromatic nitrogens is 2. The highest BCUT2D eigenvalue weighted by Crippen LogP contribution is 2.41. The van der Waals surface area contributed by atoms with Crippen LogP contribution < -0.4 is 15.5 Å². The van der Waals surface area contributed by atoms with Crippen LogP contribution in [0, 0.1) is 5.82 Å². The molecule has 8 nitrogen and oxygen atoms in total. The number of benzene rings is 1. The molecule has 6 rings (SSSR count). The van der Waals surface area contributed by atoms with Crippen molar-refractivity contribution in [2.45, 2.75) is 50.1 Å². The van der Waals surface area contributed by atoms with Crippen LogP contribution in [0.4, 0.5) is 27.5 Å². The summed E-state index contributed by atoms with van der Waals surface area (Å²) in [6, 6.07) is 5.57. The zero-order valence-electron chi connectivity index (χ0n) is 19.7. The zero-order valence-corrected chi connectivity index (χ0v) is 19.7. The molecule has 2 aromatic rings. The highest BCUT2D eigenvalue weighted by atomic mass is 19.1. The summed E-state index contributed by atoms with van der Waals surface area (Å²) in [4.78, 5) is 28.8. The van der Waals surface area contributed by atoms with Crippen LogP contribution >= 0.6 is 0 Å². The lowest BCUT2D eigenvalue weighted by Crippen LogP contribution is -2.47. The summed E-state index contributed by atoms with van der Waals surface area (Å²) in [7, 11) is 2.09. The van der Waals surface area contributed by atoms with Crippen molar-refractivity contribution in [2.75, 3.05) is 55.3 Å². The van der Waals surface area contributed by atoms with E-state index in [1.807, 2.05) is 12.1 Å². The third kappa shape index (κ3) is 3.76. The molecule has 1 amide bonds. The maximum absolute atomic E-state index is 14.9. The van der Waals surface area contributed by atoms with E-state index in [9.17, 15) is 9.18 Å². The molecule has 3 fully saturated rings. The monoisotopic (exact) mass is 465 g/mol. The van der Waals surface area contributed by atoms with Crippen LogP contribution in [0.25, 0.3) is 0 Å². The number of carbonyl (C=O) groups excluding carboxylic acids is 1. The molecule has 4 heterocycles.